The molecule has 1 aromatic heterocycles. The first-order chi connectivity index (χ1) is 16.3. The maximum atomic E-state index is 13.1. The number of aliphatic hydroxyl groups excluding tert-OH is 4. The molecular formula is C24H26O10. The smallest absolute Gasteiger partial charge is 0.229 e. The lowest BCUT2D eigenvalue weighted by Crippen LogP contribution is -2.60. The molecule has 1 aliphatic heterocycles. The molecule has 0 saturated carbocycles. The SMILES string of the molecule is COc1cc(O)c(C(=O)CCc2ccc3occc3c2)c(O[C@@H]2O[C@H](CO)[C@@H](O)[C@H](O)[C@H]2O)c1. The minimum atomic E-state index is -1.68. The van der Waals surface area contributed by atoms with Crippen molar-refractivity contribution in [3.05, 3.63) is 53.8 Å². The number of aromatic hydroxyl groups is 1. The van der Waals surface area contributed by atoms with Crippen LogP contribution in [-0.4, -0.2) is 75.7 Å². The highest BCUT2D eigenvalue weighted by atomic mass is 16.7. The number of ketones is 1. The van der Waals surface area contributed by atoms with E-state index in [1.165, 1.54) is 19.2 Å². The lowest BCUT2D eigenvalue weighted by atomic mass is 9.98. The van der Waals surface area contributed by atoms with Gasteiger partial charge in [-0.2, -0.15) is 0 Å². The number of ether oxygens (including phenoxy) is 3. The lowest BCUT2D eigenvalue weighted by molar-refractivity contribution is -0.277. The van der Waals surface area contributed by atoms with Crippen molar-refractivity contribution in [1.82, 2.24) is 0 Å². The molecule has 5 atom stereocenters. The Bertz CT molecular complexity index is 1150. The van der Waals surface area contributed by atoms with Crippen molar-refractivity contribution >= 4 is 16.8 Å². The van der Waals surface area contributed by atoms with Gasteiger partial charge in [-0.1, -0.05) is 6.07 Å². The average molecular weight is 474 g/mol. The summed E-state index contributed by atoms with van der Waals surface area (Å²) in [4.78, 5) is 13.1. The van der Waals surface area contributed by atoms with Gasteiger partial charge in [0.1, 0.15) is 52.8 Å². The number of rotatable bonds is 8. The Kier molecular flexibility index (Phi) is 7.05. The maximum absolute atomic E-state index is 13.1. The van der Waals surface area contributed by atoms with Gasteiger partial charge < -0.3 is 44.2 Å². The van der Waals surface area contributed by atoms with E-state index in [0.29, 0.717) is 6.42 Å². The summed E-state index contributed by atoms with van der Waals surface area (Å²) in [6.07, 6.45) is -5.64. The third kappa shape index (κ3) is 4.72. The molecule has 0 spiro atoms. The summed E-state index contributed by atoms with van der Waals surface area (Å²) >= 11 is 0. The Morgan fingerprint density at radius 1 is 1.06 bits per heavy atom. The van der Waals surface area contributed by atoms with E-state index in [1.807, 2.05) is 24.3 Å². The molecule has 0 bridgehead atoms. The largest absolute Gasteiger partial charge is 0.507 e. The van der Waals surface area contributed by atoms with Crippen molar-refractivity contribution in [2.75, 3.05) is 13.7 Å². The fourth-order valence-electron chi connectivity index (χ4n) is 3.91. The summed E-state index contributed by atoms with van der Waals surface area (Å²) in [5, 5.41) is 51.2. The lowest BCUT2D eigenvalue weighted by Gasteiger charge is -2.39. The first-order valence-electron chi connectivity index (χ1n) is 10.7. The Morgan fingerprint density at radius 2 is 1.85 bits per heavy atom. The van der Waals surface area contributed by atoms with E-state index in [9.17, 15) is 30.3 Å². The number of carbonyl (C=O) groups excluding carboxylic acids is 1. The molecule has 182 valence electrons. The molecule has 2 aromatic carbocycles. The highest BCUT2D eigenvalue weighted by Gasteiger charge is 2.45. The number of phenols is 1. The van der Waals surface area contributed by atoms with Crippen LogP contribution in [-0.2, 0) is 11.2 Å². The third-order valence-corrected chi connectivity index (χ3v) is 5.82. The van der Waals surface area contributed by atoms with Gasteiger partial charge in [0.25, 0.3) is 0 Å². The molecule has 3 aromatic rings. The van der Waals surface area contributed by atoms with Gasteiger partial charge in [0.2, 0.25) is 6.29 Å². The topological polar surface area (TPSA) is 159 Å². The summed E-state index contributed by atoms with van der Waals surface area (Å²) in [7, 11) is 1.36. The highest BCUT2D eigenvalue weighted by molar-refractivity contribution is 6.01. The molecule has 2 heterocycles. The van der Waals surface area contributed by atoms with Crippen LogP contribution >= 0.6 is 0 Å². The second kappa shape index (κ2) is 10.00. The van der Waals surface area contributed by atoms with Crippen LogP contribution in [0.25, 0.3) is 11.0 Å². The van der Waals surface area contributed by atoms with Crippen LogP contribution in [0.1, 0.15) is 22.3 Å². The zero-order valence-electron chi connectivity index (χ0n) is 18.3. The van der Waals surface area contributed by atoms with E-state index in [0.717, 1.165) is 16.5 Å². The number of aryl methyl sites for hydroxylation is 1. The van der Waals surface area contributed by atoms with Gasteiger partial charge in [-0.3, -0.25) is 4.79 Å². The van der Waals surface area contributed by atoms with E-state index >= 15 is 0 Å². The molecule has 1 aliphatic rings. The number of phenolic OH excluding ortho intramolecular Hbond substituents is 1. The number of Topliss-reactive ketones (excluding diaryl/α,β-unsaturated/α-hetero) is 1. The molecular weight excluding hydrogens is 448 g/mol. The predicted octanol–water partition coefficient (Wildman–Crippen LogP) is 1.14. The number of hydrogen-bond donors (Lipinski definition) is 5. The van der Waals surface area contributed by atoms with Gasteiger partial charge in [-0.05, 0) is 30.2 Å². The van der Waals surface area contributed by atoms with Crippen molar-refractivity contribution in [2.24, 2.45) is 0 Å². The zero-order chi connectivity index (χ0) is 24.4. The van der Waals surface area contributed by atoms with Gasteiger partial charge >= 0.3 is 0 Å². The first-order valence-corrected chi connectivity index (χ1v) is 10.7. The minimum absolute atomic E-state index is 0.0360. The number of methoxy groups -OCH3 is 1. The normalized spacial score (nSPS) is 24.8. The van der Waals surface area contributed by atoms with E-state index in [4.69, 9.17) is 18.6 Å². The van der Waals surface area contributed by atoms with Crippen LogP contribution in [0, 0.1) is 0 Å². The van der Waals surface area contributed by atoms with E-state index < -0.39 is 48.8 Å². The molecule has 0 aliphatic carbocycles. The van der Waals surface area contributed by atoms with Crippen LogP contribution in [0.2, 0.25) is 0 Å². The molecule has 10 heteroatoms. The number of aliphatic hydroxyl groups is 4. The predicted molar refractivity (Wildman–Crippen MR) is 118 cm³/mol. The summed E-state index contributed by atoms with van der Waals surface area (Å²) < 4.78 is 21.5. The Hall–Kier alpha value is -3.15. The number of furan rings is 1. The van der Waals surface area contributed by atoms with Gasteiger partial charge in [-0.25, -0.2) is 0 Å². The number of fused-ring (bicyclic) bond motifs is 1. The Balaban J connectivity index is 1.57. The molecule has 34 heavy (non-hydrogen) atoms. The molecule has 1 saturated heterocycles. The van der Waals surface area contributed by atoms with E-state index in [-0.39, 0.29) is 23.5 Å². The summed E-state index contributed by atoms with van der Waals surface area (Å²) in [6.45, 7) is -0.638. The highest BCUT2D eigenvalue weighted by Crippen LogP contribution is 2.36. The van der Waals surface area contributed by atoms with Crippen molar-refractivity contribution < 1.29 is 49.0 Å². The summed E-state index contributed by atoms with van der Waals surface area (Å²) in [5.74, 6) is -0.795. The van der Waals surface area contributed by atoms with Crippen LogP contribution in [0.4, 0.5) is 0 Å². The van der Waals surface area contributed by atoms with E-state index in [1.54, 1.807) is 6.26 Å². The Morgan fingerprint density at radius 3 is 2.59 bits per heavy atom. The molecule has 5 N–H and O–H groups in total. The van der Waals surface area contributed by atoms with Crippen molar-refractivity contribution in [3.8, 4) is 17.2 Å². The van der Waals surface area contributed by atoms with Gasteiger partial charge in [0.15, 0.2) is 5.78 Å². The standard InChI is InChI=1S/C24H26O10/c1-31-14-9-16(27)20(15(26)4-2-12-3-5-17-13(8-12)6-7-32-17)18(10-14)33-24-23(30)22(29)21(28)19(11-25)34-24/h3,5-10,19,21-25,27-30H,2,4,11H2,1H3/t19-,21-,22+,23-,24-/m1/s1. The molecule has 0 radical (unpaired) electrons. The van der Waals surface area contributed by atoms with Gasteiger partial charge in [0, 0.05) is 23.9 Å². The molecule has 0 unspecified atom stereocenters. The Labute approximate surface area is 194 Å². The average Bonchev–Trinajstić information content (AvgIpc) is 3.30. The van der Waals surface area contributed by atoms with Crippen molar-refractivity contribution in [1.29, 1.82) is 0 Å². The van der Waals surface area contributed by atoms with Crippen LogP contribution in [0.15, 0.2) is 47.1 Å². The zero-order valence-corrected chi connectivity index (χ0v) is 18.3. The number of benzene rings is 2. The van der Waals surface area contributed by atoms with Crippen LogP contribution in [0.5, 0.6) is 17.2 Å². The van der Waals surface area contributed by atoms with Gasteiger partial charge in [-0.15, -0.1) is 0 Å². The minimum Gasteiger partial charge on any atom is -0.507 e. The van der Waals surface area contributed by atoms with Crippen LogP contribution < -0.4 is 9.47 Å². The van der Waals surface area contributed by atoms with Crippen molar-refractivity contribution in [3.63, 3.8) is 0 Å². The van der Waals surface area contributed by atoms with Crippen LogP contribution in [0.3, 0.4) is 0 Å². The van der Waals surface area contributed by atoms with E-state index in [2.05, 4.69) is 0 Å². The monoisotopic (exact) mass is 474 g/mol. The fourth-order valence-corrected chi connectivity index (χ4v) is 3.91. The quantitative estimate of drug-likeness (QED) is 0.300. The second-order valence-corrected chi connectivity index (χ2v) is 8.05. The molecule has 4 rings (SSSR count). The number of carbonyl (C=O) groups is 1. The molecule has 0 amide bonds. The summed E-state index contributed by atoms with van der Waals surface area (Å²) in [6, 6.07) is 9.98. The molecule has 1 fully saturated rings. The maximum Gasteiger partial charge on any atom is 0.229 e. The third-order valence-electron chi connectivity index (χ3n) is 5.82. The summed E-state index contributed by atoms with van der Waals surface area (Å²) in [5.41, 5.74) is 1.48. The fraction of sp³-hybridized carbons (Fsp3) is 0.375. The first kappa shape index (κ1) is 24.0. The van der Waals surface area contributed by atoms with Gasteiger partial charge in [0.05, 0.1) is 20.0 Å². The van der Waals surface area contributed by atoms with Crippen molar-refractivity contribution in [2.45, 2.75) is 43.5 Å². The molecule has 10 nitrogen and oxygen atoms in total. The number of hydrogen-bond acceptors (Lipinski definition) is 10. The second-order valence-electron chi connectivity index (χ2n) is 8.05.